The molecule has 18 heteroatoms. The van der Waals surface area contributed by atoms with Crippen molar-refractivity contribution in [1.82, 2.24) is 38.6 Å². The first-order chi connectivity index (χ1) is 29.8. The van der Waals surface area contributed by atoms with E-state index in [1.165, 1.54) is 5.56 Å². The van der Waals surface area contributed by atoms with Crippen LogP contribution in [0.3, 0.4) is 0 Å². The van der Waals surface area contributed by atoms with Crippen molar-refractivity contribution >= 4 is 61.2 Å². The molecule has 4 aliphatic rings. The van der Waals surface area contributed by atoms with Crippen molar-refractivity contribution in [3.8, 4) is 0 Å². The molecule has 5 aromatic rings. The highest BCUT2D eigenvalue weighted by Crippen LogP contribution is 2.36. The first-order valence-electron chi connectivity index (χ1n) is 21.8. The minimum absolute atomic E-state index is 0.0393. The van der Waals surface area contributed by atoms with E-state index < -0.39 is 22.3 Å². The summed E-state index contributed by atoms with van der Waals surface area (Å²) >= 11 is 6.28. The highest BCUT2D eigenvalue weighted by atomic mass is 35.5. The normalized spacial score (nSPS) is 22.9. The number of sulfonamides is 1. The Balaban J connectivity index is 0.715. The Hall–Kier alpha value is -4.65. The average molecular weight is 888 g/mol. The van der Waals surface area contributed by atoms with E-state index in [1.54, 1.807) is 51.2 Å². The van der Waals surface area contributed by atoms with Crippen LogP contribution in [-0.4, -0.2) is 93.1 Å². The number of nitrogens with zero attached hydrogens (tertiary/aromatic N) is 6. The van der Waals surface area contributed by atoms with Gasteiger partial charge in [0.05, 0.1) is 34.7 Å². The summed E-state index contributed by atoms with van der Waals surface area (Å²) < 4.78 is 40.1. The van der Waals surface area contributed by atoms with Gasteiger partial charge in [0, 0.05) is 49.9 Å². The third-order valence-electron chi connectivity index (χ3n) is 13.5. The van der Waals surface area contributed by atoms with Gasteiger partial charge in [-0.25, -0.2) is 22.9 Å². The molecule has 2 saturated heterocycles. The number of fused-ring (bicyclic) bond motifs is 2. The van der Waals surface area contributed by atoms with Gasteiger partial charge in [0.15, 0.2) is 0 Å². The van der Waals surface area contributed by atoms with Crippen LogP contribution in [0.5, 0.6) is 0 Å². The first kappa shape index (κ1) is 42.6. The smallest absolute Gasteiger partial charge is 0.329 e. The number of aryl methyl sites for hydroxylation is 2. The molecule has 2 atom stereocenters. The topological polar surface area (TPSA) is 195 Å². The van der Waals surface area contributed by atoms with Gasteiger partial charge in [-0.05, 0) is 124 Å². The predicted molar refractivity (Wildman–Crippen MR) is 236 cm³/mol. The second kappa shape index (κ2) is 17.5. The number of carbonyl (C=O) groups excluding carboxylic acids is 1. The van der Waals surface area contributed by atoms with Crippen LogP contribution in [0.1, 0.15) is 93.3 Å². The van der Waals surface area contributed by atoms with Crippen LogP contribution in [0.25, 0.3) is 22.1 Å². The standard InChI is InChI=1S/C44H54ClN9O7S/c1-26-19-33(8-9-35(26)48-43-46-24-30-22-34(45)42(57)53(40(30)50-43)31-5-3-4-6-31)62(59,60)47-15-18-61-32-20-27(21-32)25-52-16-13-28(14-17-52)29-7-10-36-38(23-29)51(2)44(58)54(36)37-11-12-39(55)49-41(37)56/h7-10,19,22-24,27-28,31-32,37,41,47,56H,3-6,11-18,20-21,25H2,1-2H3,(H,49,55)(H,46,48,50). The van der Waals surface area contributed by atoms with E-state index in [1.807, 2.05) is 13.0 Å². The number of halogens is 1. The number of anilines is 2. The zero-order valence-electron chi connectivity index (χ0n) is 35.1. The average Bonchev–Trinajstić information content (AvgIpc) is 3.86. The fourth-order valence-corrected chi connectivity index (χ4v) is 11.3. The largest absolute Gasteiger partial charge is 0.377 e. The number of ether oxygens (including phenoxy) is 1. The maximum atomic E-state index is 13.2. The summed E-state index contributed by atoms with van der Waals surface area (Å²) in [4.78, 5) is 49.8. The van der Waals surface area contributed by atoms with Crippen LogP contribution < -0.4 is 26.6 Å². The number of hydrogen-bond acceptors (Lipinski definition) is 11. The van der Waals surface area contributed by atoms with E-state index in [-0.39, 0.29) is 58.8 Å². The fraction of sp³-hybridized carbons (Fsp3) is 0.523. The third kappa shape index (κ3) is 8.54. The predicted octanol–water partition coefficient (Wildman–Crippen LogP) is 4.99. The van der Waals surface area contributed by atoms with E-state index in [0.29, 0.717) is 46.5 Å². The number of benzene rings is 2. The van der Waals surface area contributed by atoms with E-state index in [4.69, 9.17) is 21.3 Å². The zero-order chi connectivity index (χ0) is 43.3. The summed E-state index contributed by atoms with van der Waals surface area (Å²) in [7, 11) is -2.01. The molecular weight excluding hydrogens is 834 g/mol. The number of aromatic nitrogens is 5. The van der Waals surface area contributed by atoms with Crippen molar-refractivity contribution in [3.05, 3.63) is 85.6 Å². The van der Waals surface area contributed by atoms with Gasteiger partial charge in [-0.15, -0.1) is 0 Å². The number of aliphatic hydroxyl groups is 1. The number of likely N-dealkylation sites (tertiary alicyclic amines) is 1. The Kier molecular flexibility index (Phi) is 12.0. The molecule has 2 aromatic carbocycles. The summed E-state index contributed by atoms with van der Waals surface area (Å²) in [5.41, 5.74) is 4.22. The van der Waals surface area contributed by atoms with Gasteiger partial charge in [-0.3, -0.25) is 23.3 Å². The zero-order valence-corrected chi connectivity index (χ0v) is 36.6. The molecule has 0 bridgehead atoms. The molecule has 2 aliphatic carbocycles. The van der Waals surface area contributed by atoms with Gasteiger partial charge in [-0.1, -0.05) is 30.5 Å². The maximum Gasteiger partial charge on any atom is 0.329 e. The van der Waals surface area contributed by atoms with Crippen molar-refractivity contribution in [2.75, 3.05) is 38.1 Å². The van der Waals surface area contributed by atoms with Gasteiger partial charge in [-0.2, -0.15) is 4.98 Å². The van der Waals surface area contributed by atoms with E-state index in [9.17, 15) is 27.9 Å². The Morgan fingerprint density at radius 1 is 0.968 bits per heavy atom. The van der Waals surface area contributed by atoms with E-state index in [0.717, 1.165) is 82.0 Å². The number of aliphatic hydroxyl groups excluding tert-OH is 1. The van der Waals surface area contributed by atoms with E-state index in [2.05, 4.69) is 37.4 Å². The van der Waals surface area contributed by atoms with Gasteiger partial charge < -0.3 is 25.4 Å². The van der Waals surface area contributed by atoms with Crippen molar-refractivity contribution in [3.63, 3.8) is 0 Å². The SMILES string of the molecule is Cc1cc(S(=O)(=O)NCCOC2CC(CN3CCC(c4ccc5c(c4)n(C)c(=O)n5C4CCC(=O)NC4O)CC3)C2)ccc1Nc1ncc2cc(Cl)c(=O)n(C3CCCC3)c2n1. The molecule has 0 radical (unpaired) electrons. The molecule has 2 aliphatic heterocycles. The lowest BCUT2D eigenvalue weighted by atomic mass is 9.81. The molecule has 4 N–H and O–H groups in total. The number of rotatable bonds is 13. The van der Waals surface area contributed by atoms with Gasteiger partial charge in [0.1, 0.15) is 16.9 Å². The van der Waals surface area contributed by atoms with Crippen molar-refractivity contribution < 1.29 is 23.1 Å². The lowest BCUT2D eigenvalue weighted by molar-refractivity contribution is -0.128. The molecule has 2 saturated carbocycles. The quantitative estimate of drug-likeness (QED) is 0.116. The Morgan fingerprint density at radius 2 is 1.74 bits per heavy atom. The summed E-state index contributed by atoms with van der Waals surface area (Å²) in [5, 5.41) is 17.1. The molecule has 62 heavy (non-hydrogen) atoms. The lowest BCUT2D eigenvalue weighted by Crippen LogP contribution is -2.47. The second-order valence-electron chi connectivity index (χ2n) is 17.6. The molecular formula is C44H54ClN9O7S. The van der Waals surface area contributed by atoms with Crippen LogP contribution in [-0.2, 0) is 26.6 Å². The number of nitrogens with one attached hydrogen (secondary N) is 3. The maximum absolute atomic E-state index is 13.2. The number of pyridine rings is 1. The number of imidazole rings is 1. The van der Waals surface area contributed by atoms with Gasteiger partial charge in [0.25, 0.3) is 5.56 Å². The molecule has 1 amide bonds. The molecule has 5 heterocycles. The fourth-order valence-electron chi connectivity index (χ4n) is 9.97. The van der Waals surface area contributed by atoms with Crippen molar-refractivity contribution in [2.24, 2.45) is 13.0 Å². The van der Waals surface area contributed by atoms with Gasteiger partial charge >= 0.3 is 5.69 Å². The first-order valence-corrected chi connectivity index (χ1v) is 23.7. The van der Waals surface area contributed by atoms with Crippen LogP contribution in [0.4, 0.5) is 11.6 Å². The van der Waals surface area contributed by atoms with E-state index >= 15 is 0 Å². The molecule has 4 fully saturated rings. The van der Waals surface area contributed by atoms with Crippen LogP contribution in [0.15, 0.2) is 63.1 Å². The summed E-state index contributed by atoms with van der Waals surface area (Å²) in [6.07, 6.45) is 9.19. The van der Waals surface area contributed by atoms with Crippen LogP contribution in [0, 0.1) is 12.8 Å². The molecule has 3 aromatic heterocycles. The minimum atomic E-state index is -3.77. The minimum Gasteiger partial charge on any atom is -0.377 e. The molecule has 2 unspecified atom stereocenters. The second-order valence-corrected chi connectivity index (χ2v) is 19.7. The number of amides is 1. The van der Waals surface area contributed by atoms with Crippen molar-refractivity contribution in [1.29, 1.82) is 0 Å². The molecule has 0 spiro atoms. The Morgan fingerprint density at radius 3 is 2.48 bits per heavy atom. The Bertz CT molecular complexity index is 2730. The summed E-state index contributed by atoms with van der Waals surface area (Å²) in [6.45, 7) is 5.27. The third-order valence-corrected chi connectivity index (χ3v) is 15.2. The highest BCUT2D eigenvalue weighted by Gasteiger charge is 2.34. The molecule has 16 nitrogen and oxygen atoms in total. The number of piperidine rings is 2. The monoisotopic (exact) mass is 887 g/mol. The van der Waals surface area contributed by atoms with Crippen molar-refractivity contribution in [2.45, 2.75) is 106 Å². The van der Waals surface area contributed by atoms with Crippen LogP contribution in [0.2, 0.25) is 5.02 Å². The summed E-state index contributed by atoms with van der Waals surface area (Å²) in [6, 6.07) is 12.2. The summed E-state index contributed by atoms with van der Waals surface area (Å²) in [5.74, 6) is 1.03. The number of hydrogen-bond donors (Lipinski definition) is 4. The molecule has 330 valence electrons. The van der Waals surface area contributed by atoms with Crippen LogP contribution >= 0.6 is 11.6 Å². The molecule has 9 rings (SSSR count). The lowest BCUT2D eigenvalue weighted by Gasteiger charge is -2.40. The highest BCUT2D eigenvalue weighted by molar-refractivity contribution is 7.89. The Labute approximate surface area is 364 Å². The number of carbonyl (C=O) groups is 1. The van der Waals surface area contributed by atoms with Gasteiger partial charge in [0.2, 0.25) is 21.9 Å².